The molecule has 1 aromatic heterocycles. The largest absolute Gasteiger partial charge is 0.332 e. The van der Waals surface area contributed by atoms with Crippen LogP contribution >= 0.6 is 12.2 Å². The maximum atomic E-state index is 5.37. The highest BCUT2D eigenvalue weighted by molar-refractivity contribution is 7.80. The third-order valence-corrected chi connectivity index (χ3v) is 3.92. The van der Waals surface area contributed by atoms with Crippen LogP contribution in [0, 0.1) is 13.8 Å². The predicted octanol–water partition coefficient (Wildman–Crippen LogP) is 4.36. The Bertz CT molecular complexity index is 854. The molecule has 0 atom stereocenters. The summed E-state index contributed by atoms with van der Waals surface area (Å²) >= 11 is 5.37. The first-order valence-electron chi connectivity index (χ1n) is 7.82. The van der Waals surface area contributed by atoms with E-state index in [1.807, 2.05) is 42.1 Å². The molecular formula is C19H20N4S. The van der Waals surface area contributed by atoms with Crippen molar-refractivity contribution in [1.29, 1.82) is 0 Å². The molecule has 5 heteroatoms. The van der Waals surface area contributed by atoms with Crippen LogP contribution in [-0.4, -0.2) is 14.9 Å². The lowest BCUT2D eigenvalue weighted by Crippen LogP contribution is -2.19. The summed E-state index contributed by atoms with van der Waals surface area (Å²) in [6.07, 6.45) is 3.73. The van der Waals surface area contributed by atoms with Crippen molar-refractivity contribution in [2.45, 2.75) is 20.4 Å². The zero-order valence-corrected chi connectivity index (χ0v) is 14.6. The molecule has 3 rings (SSSR count). The molecule has 0 spiro atoms. The van der Waals surface area contributed by atoms with Gasteiger partial charge in [0.05, 0.1) is 18.4 Å². The fourth-order valence-electron chi connectivity index (χ4n) is 2.51. The van der Waals surface area contributed by atoms with E-state index in [1.165, 1.54) is 11.1 Å². The summed E-state index contributed by atoms with van der Waals surface area (Å²) in [7, 11) is 0. The molecule has 0 saturated carbocycles. The highest BCUT2D eigenvalue weighted by Crippen LogP contribution is 2.14. The molecule has 4 nitrogen and oxygen atoms in total. The Hall–Kier alpha value is -2.66. The first-order chi connectivity index (χ1) is 11.6. The van der Waals surface area contributed by atoms with Gasteiger partial charge in [-0.25, -0.2) is 0 Å². The zero-order chi connectivity index (χ0) is 16.9. The molecule has 0 aliphatic carbocycles. The SMILES string of the molecule is Cc1cccc(Cn2cc(NC(=S)Nc3ccccc3C)cn2)c1. The van der Waals surface area contributed by atoms with Crippen LogP contribution < -0.4 is 10.6 Å². The molecule has 24 heavy (non-hydrogen) atoms. The van der Waals surface area contributed by atoms with E-state index in [0.29, 0.717) is 5.11 Å². The third kappa shape index (κ3) is 4.20. The van der Waals surface area contributed by atoms with Crippen molar-refractivity contribution in [3.05, 3.63) is 77.6 Å². The average Bonchev–Trinajstić information content (AvgIpc) is 2.96. The highest BCUT2D eigenvalue weighted by Gasteiger charge is 2.04. The van der Waals surface area contributed by atoms with E-state index in [4.69, 9.17) is 12.2 Å². The van der Waals surface area contributed by atoms with Crippen LogP contribution in [0.4, 0.5) is 11.4 Å². The van der Waals surface area contributed by atoms with Crippen molar-refractivity contribution in [3.63, 3.8) is 0 Å². The maximum absolute atomic E-state index is 5.37. The van der Waals surface area contributed by atoms with E-state index in [0.717, 1.165) is 23.5 Å². The lowest BCUT2D eigenvalue weighted by molar-refractivity contribution is 0.686. The number of benzene rings is 2. The monoisotopic (exact) mass is 336 g/mol. The summed E-state index contributed by atoms with van der Waals surface area (Å²) in [5.41, 5.74) is 5.50. The summed E-state index contributed by atoms with van der Waals surface area (Å²) in [6.45, 7) is 4.88. The Labute approximate surface area is 147 Å². The number of aromatic nitrogens is 2. The number of aryl methyl sites for hydroxylation is 2. The quantitative estimate of drug-likeness (QED) is 0.695. The summed E-state index contributed by atoms with van der Waals surface area (Å²) in [4.78, 5) is 0. The van der Waals surface area contributed by atoms with E-state index in [2.05, 4.69) is 46.9 Å². The van der Waals surface area contributed by atoms with Crippen LogP contribution in [-0.2, 0) is 6.54 Å². The number of thiocarbonyl (C=S) groups is 1. The molecule has 0 amide bonds. The number of hydrogen-bond donors (Lipinski definition) is 2. The second-order valence-electron chi connectivity index (χ2n) is 5.81. The van der Waals surface area contributed by atoms with E-state index in [-0.39, 0.29) is 0 Å². The van der Waals surface area contributed by atoms with Crippen molar-refractivity contribution >= 4 is 28.7 Å². The van der Waals surface area contributed by atoms with Crippen LogP contribution in [0.15, 0.2) is 60.9 Å². The van der Waals surface area contributed by atoms with E-state index in [1.54, 1.807) is 6.20 Å². The fraction of sp³-hybridized carbons (Fsp3) is 0.158. The summed E-state index contributed by atoms with van der Waals surface area (Å²) in [5.74, 6) is 0. The Kier molecular flexibility index (Phi) is 4.91. The number of hydrogen-bond acceptors (Lipinski definition) is 2. The number of nitrogens with one attached hydrogen (secondary N) is 2. The minimum absolute atomic E-state index is 0.555. The topological polar surface area (TPSA) is 41.9 Å². The molecule has 0 aliphatic heterocycles. The van der Waals surface area contributed by atoms with Gasteiger partial charge in [-0.3, -0.25) is 4.68 Å². The molecule has 0 unspecified atom stereocenters. The van der Waals surface area contributed by atoms with Gasteiger partial charge in [0, 0.05) is 11.9 Å². The standard InChI is InChI=1S/C19H20N4S/c1-14-6-5-8-16(10-14)12-23-13-17(11-20-23)21-19(24)22-18-9-4-3-7-15(18)2/h3-11,13H,12H2,1-2H3,(H2,21,22,24). The second-order valence-corrected chi connectivity index (χ2v) is 6.22. The molecule has 0 aliphatic rings. The molecular weight excluding hydrogens is 316 g/mol. The van der Waals surface area contributed by atoms with E-state index in [9.17, 15) is 0 Å². The van der Waals surface area contributed by atoms with Gasteiger partial charge in [0.1, 0.15) is 0 Å². The molecule has 0 radical (unpaired) electrons. The van der Waals surface area contributed by atoms with Crippen LogP contribution in [0.25, 0.3) is 0 Å². The van der Waals surface area contributed by atoms with Crippen LogP contribution in [0.3, 0.4) is 0 Å². The average molecular weight is 336 g/mol. The van der Waals surface area contributed by atoms with Gasteiger partial charge in [0.15, 0.2) is 5.11 Å². The highest BCUT2D eigenvalue weighted by atomic mass is 32.1. The minimum atomic E-state index is 0.555. The fourth-order valence-corrected chi connectivity index (χ4v) is 2.74. The lowest BCUT2D eigenvalue weighted by Gasteiger charge is -2.11. The Balaban J connectivity index is 1.61. The van der Waals surface area contributed by atoms with Gasteiger partial charge in [-0.1, -0.05) is 48.0 Å². The van der Waals surface area contributed by atoms with Gasteiger partial charge in [-0.2, -0.15) is 5.10 Å². The van der Waals surface area contributed by atoms with Crippen molar-refractivity contribution < 1.29 is 0 Å². The van der Waals surface area contributed by atoms with Gasteiger partial charge in [0.2, 0.25) is 0 Å². The van der Waals surface area contributed by atoms with Gasteiger partial charge >= 0.3 is 0 Å². The summed E-state index contributed by atoms with van der Waals surface area (Å²) in [5, 5.41) is 11.3. The summed E-state index contributed by atoms with van der Waals surface area (Å²) < 4.78 is 1.90. The molecule has 3 aromatic rings. The normalized spacial score (nSPS) is 10.4. The second kappa shape index (κ2) is 7.27. The van der Waals surface area contributed by atoms with E-state index < -0.39 is 0 Å². The van der Waals surface area contributed by atoms with Crippen molar-refractivity contribution in [1.82, 2.24) is 9.78 Å². The molecule has 0 saturated heterocycles. The molecule has 2 aromatic carbocycles. The first kappa shape index (κ1) is 16.2. The predicted molar refractivity (Wildman–Crippen MR) is 104 cm³/mol. The van der Waals surface area contributed by atoms with Crippen molar-refractivity contribution in [2.75, 3.05) is 10.6 Å². The lowest BCUT2D eigenvalue weighted by atomic mass is 10.1. The van der Waals surface area contributed by atoms with E-state index >= 15 is 0 Å². The molecule has 0 fully saturated rings. The molecule has 2 N–H and O–H groups in total. The van der Waals surface area contributed by atoms with Gasteiger partial charge in [-0.05, 0) is 43.3 Å². The maximum Gasteiger partial charge on any atom is 0.175 e. The number of anilines is 2. The van der Waals surface area contributed by atoms with Gasteiger partial charge in [-0.15, -0.1) is 0 Å². The Morgan fingerprint density at radius 2 is 1.92 bits per heavy atom. The summed E-state index contributed by atoms with van der Waals surface area (Å²) in [6, 6.07) is 16.5. The molecule has 1 heterocycles. The molecule has 0 bridgehead atoms. The Morgan fingerprint density at radius 1 is 1.08 bits per heavy atom. The Morgan fingerprint density at radius 3 is 2.71 bits per heavy atom. The molecule has 122 valence electrons. The van der Waals surface area contributed by atoms with Crippen molar-refractivity contribution in [2.24, 2.45) is 0 Å². The van der Waals surface area contributed by atoms with Gasteiger partial charge in [0.25, 0.3) is 0 Å². The zero-order valence-electron chi connectivity index (χ0n) is 13.8. The number of para-hydroxylation sites is 1. The number of nitrogens with zero attached hydrogens (tertiary/aromatic N) is 2. The van der Waals surface area contributed by atoms with Crippen LogP contribution in [0.1, 0.15) is 16.7 Å². The van der Waals surface area contributed by atoms with Crippen LogP contribution in [0.2, 0.25) is 0 Å². The smallest absolute Gasteiger partial charge is 0.175 e. The first-order valence-corrected chi connectivity index (χ1v) is 8.22. The minimum Gasteiger partial charge on any atom is -0.332 e. The van der Waals surface area contributed by atoms with Crippen molar-refractivity contribution in [3.8, 4) is 0 Å². The van der Waals surface area contributed by atoms with Gasteiger partial charge < -0.3 is 10.6 Å². The number of rotatable bonds is 4. The van der Waals surface area contributed by atoms with Crippen LogP contribution in [0.5, 0.6) is 0 Å². The third-order valence-electron chi connectivity index (χ3n) is 3.71.